The number of benzene rings is 1. The lowest BCUT2D eigenvalue weighted by molar-refractivity contribution is 0.146. The van der Waals surface area contributed by atoms with Gasteiger partial charge in [-0.1, -0.05) is 45.0 Å². The van der Waals surface area contributed by atoms with Crippen molar-refractivity contribution >= 4 is 0 Å². The largest absolute Gasteiger partial charge is 0.314 e. The van der Waals surface area contributed by atoms with Crippen LogP contribution in [0.25, 0.3) is 0 Å². The topological polar surface area (TPSA) is 15.3 Å². The predicted octanol–water partition coefficient (Wildman–Crippen LogP) is 3.56. The van der Waals surface area contributed by atoms with E-state index in [1.807, 2.05) is 0 Å². The first-order chi connectivity index (χ1) is 9.32. The van der Waals surface area contributed by atoms with Gasteiger partial charge in [0.2, 0.25) is 0 Å². The van der Waals surface area contributed by atoms with Gasteiger partial charge in [-0.25, -0.2) is 0 Å². The fraction of sp³-hybridized carbons (Fsp3) is 0.667. The summed E-state index contributed by atoms with van der Waals surface area (Å²) in [5.74, 6) is 0. The maximum atomic E-state index is 3.46. The first kappa shape index (κ1) is 15.5. The van der Waals surface area contributed by atoms with Crippen molar-refractivity contribution in [2.75, 3.05) is 20.1 Å². The molecule has 1 aliphatic heterocycles. The van der Waals surface area contributed by atoms with Crippen LogP contribution in [0, 0.1) is 0 Å². The molecule has 0 amide bonds. The Kier molecular flexibility index (Phi) is 4.55. The second-order valence-electron chi connectivity index (χ2n) is 7.53. The Morgan fingerprint density at radius 1 is 1.10 bits per heavy atom. The van der Waals surface area contributed by atoms with Crippen molar-refractivity contribution in [2.45, 2.75) is 58.0 Å². The lowest BCUT2D eigenvalue weighted by Gasteiger charge is -2.39. The summed E-state index contributed by atoms with van der Waals surface area (Å²) in [7, 11) is 2.08. The number of piperidine rings is 1. The summed E-state index contributed by atoms with van der Waals surface area (Å²) < 4.78 is 0. The van der Waals surface area contributed by atoms with Gasteiger partial charge >= 0.3 is 0 Å². The van der Waals surface area contributed by atoms with Crippen LogP contribution < -0.4 is 5.32 Å². The van der Waals surface area contributed by atoms with E-state index in [1.54, 1.807) is 0 Å². The van der Waals surface area contributed by atoms with Gasteiger partial charge in [-0.05, 0) is 43.4 Å². The highest BCUT2D eigenvalue weighted by molar-refractivity contribution is 5.27. The van der Waals surface area contributed by atoms with E-state index in [4.69, 9.17) is 0 Å². The average molecular weight is 274 g/mol. The van der Waals surface area contributed by atoms with Crippen LogP contribution >= 0.6 is 0 Å². The van der Waals surface area contributed by atoms with Gasteiger partial charge in [-0.2, -0.15) is 0 Å². The SMILES string of the molecule is CNC1(C)CCN(Cc2ccc(C(C)(C)C)cc2)CC1. The van der Waals surface area contributed by atoms with E-state index in [1.165, 1.54) is 37.1 Å². The standard InChI is InChI=1S/C18H30N2/c1-17(2,3)16-8-6-15(7-9-16)14-20-12-10-18(4,19-5)11-13-20/h6-9,19H,10-14H2,1-5H3. The second kappa shape index (κ2) is 5.87. The van der Waals surface area contributed by atoms with Gasteiger partial charge in [0.25, 0.3) is 0 Å². The van der Waals surface area contributed by atoms with Crippen molar-refractivity contribution in [1.82, 2.24) is 10.2 Å². The lowest BCUT2D eigenvalue weighted by Crippen LogP contribution is -2.49. The number of hydrogen-bond donors (Lipinski definition) is 1. The molecule has 0 aromatic heterocycles. The van der Waals surface area contributed by atoms with Gasteiger partial charge in [0.1, 0.15) is 0 Å². The number of hydrogen-bond acceptors (Lipinski definition) is 2. The quantitative estimate of drug-likeness (QED) is 0.906. The van der Waals surface area contributed by atoms with Crippen molar-refractivity contribution < 1.29 is 0 Å². The smallest absolute Gasteiger partial charge is 0.0233 e. The summed E-state index contributed by atoms with van der Waals surface area (Å²) in [5, 5.41) is 3.46. The van der Waals surface area contributed by atoms with Crippen LogP contribution in [0.1, 0.15) is 51.7 Å². The molecule has 0 bridgehead atoms. The highest BCUT2D eigenvalue weighted by Crippen LogP contribution is 2.24. The third-order valence-corrected chi connectivity index (χ3v) is 4.79. The Morgan fingerprint density at radius 2 is 1.65 bits per heavy atom. The van der Waals surface area contributed by atoms with Crippen LogP contribution in [0.2, 0.25) is 0 Å². The monoisotopic (exact) mass is 274 g/mol. The lowest BCUT2D eigenvalue weighted by atomic mass is 9.86. The molecule has 0 aliphatic carbocycles. The molecule has 1 aromatic carbocycles. The highest BCUT2D eigenvalue weighted by Gasteiger charge is 2.28. The first-order valence-corrected chi connectivity index (χ1v) is 7.83. The molecule has 0 unspecified atom stereocenters. The molecule has 0 atom stereocenters. The molecular weight excluding hydrogens is 244 g/mol. The number of nitrogens with zero attached hydrogens (tertiary/aromatic N) is 1. The number of likely N-dealkylation sites (tertiary alicyclic amines) is 1. The summed E-state index contributed by atoms with van der Waals surface area (Å²) in [5.41, 5.74) is 3.44. The van der Waals surface area contributed by atoms with Crippen molar-refractivity contribution in [3.05, 3.63) is 35.4 Å². The van der Waals surface area contributed by atoms with Gasteiger partial charge < -0.3 is 5.32 Å². The Bertz CT molecular complexity index is 420. The van der Waals surface area contributed by atoms with Crippen LogP contribution in [-0.4, -0.2) is 30.6 Å². The zero-order chi connectivity index (χ0) is 14.8. The molecule has 2 heteroatoms. The summed E-state index contributed by atoms with van der Waals surface area (Å²) >= 11 is 0. The van der Waals surface area contributed by atoms with Gasteiger partial charge in [0.05, 0.1) is 0 Å². The maximum absolute atomic E-state index is 3.46. The summed E-state index contributed by atoms with van der Waals surface area (Å²) in [6.07, 6.45) is 2.48. The molecular formula is C18H30N2. The van der Waals surface area contributed by atoms with E-state index < -0.39 is 0 Å². The molecule has 2 rings (SSSR count). The van der Waals surface area contributed by atoms with E-state index >= 15 is 0 Å². The van der Waals surface area contributed by atoms with Crippen LogP contribution in [0.15, 0.2) is 24.3 Å². The van der Waals surface area contributed by atoms with E-state index in [9.17, 15) is 0 Å². The molecule has 1 aromatic rings. The molecule has 0 saturated carbocycles. The van der Waals surface area contributed by atoms with Gasteiger partial charge in [-0.3, -0.25) is 4.90 Å². The first-order valence-electron chi connectivity index (χ1n) is 7.83. The minimum Gasteiger partial charge on any atom is -0.314 e. The molecule has 1 aliphatic rings. The zero-order valence-corrected chi connectivity index (χ0v) is 13.8. The molecule has 20 heavy (non-hydrogen) atoms. The third kappa shape index (κ3) is 3.83. The zero-order valence-electron chi connectivity index (χ0n) is 13.8. The minimum atomic E-state index is 0.248. The number of rotatable bonds is 3. The summed E-state index contributed by atoms with van der Waals surface area (Å²) in [6, 6.07) is 9.17. The van der Waals surface area contributed by atoms with Crippen LogP contribution in [-0.2, 0) is 12.0 Å². The summed E-state index contributed by atoms with van der Waals surface area (Å²) in [4.78, 5) is 2.57. The van der Waals surface area contributed by atoms with E-state index in [-0.39, 0.29) is 5.41 Å². The fourth-order valence-corrected chi connectivity index (χ4v) is 2.82. The van der Waals surface area contributed by atoms with Gasteiger partial charge in [0.15, 0.2) is 0 Å². The van der Waals surface area contributed by atoms with Crippen LogP contribution in [0.4, 0.5) is 0 Å². The maximum Gasteiger partial charge on any atom is 0.0233 e. The van der Waals surface area contributed by atoms with Gasteiger partial charge in [0, 0.05) is 25.2 Å². The van der Waals surface area contributed by atoms with Crippen molar-refractivity contribution in [3.8, 4) is 0 Å². The second-order valence-corrected chi connectivity index (χ2v) is 7.53. The third-order valence-electron chi connectivity index (χ3n) is 4.79. The van der Waals surface area contributed by atoms with E-state index in [0.29, 0.717) is 5.54 Å². The molecule has 0 spiro atoms. The Labute approximate surface area is 124 Å². The van der Waals surface area contributed by atoms with E-state index in [2.05, 4.69) is 69.2 Å². The molecule has 1 N–H and O–H groups in total. The average Bonchev–Trinajstić information content (AvgIpc) is 2.41. The van der Waals surface area contributed by atoms with Crippen LogP contribution in [0.3, 0.4) is 0 Å². The van der Waals surface area contributed by atoms with Gasteiger partial charge in [-0.15, -0.1) is 0 Å². The number of nitrogens with one attached hydrogen (secondary N) is 1. The molecule has 1 heterocycles. The van der Waals surface area contributed by atoms with E-state index in [0.717, 1.165) is 6.54 Å². The van der Waals surface area contributed by atoms with Crippen LogP contribution in [0.5, 0.6) is 0 Å². The predicted molar refractivity (Wildman–Crippen MR) is 87.1 cm³/mol. The fourth-order valence-electron chi connectivity index (χ4n) is 2.82. The van der Waals surface area contributed by atoms with Crippen molar-refractivity contribution in [1.29, 1.82) is 0 Å². The molecule has 1 fully saturated rings. The van der Waals surface area contributed by atoms with Crippen molar-refractivity contribution in [2.24, 2.45) is 0 Å². The Morgan fingerprint density at radius 3 is 2.10 bits per heavy atom. The minimum absolute atomic E-state index is 0.248. The molecule has 112 valence electrons. The van der Waals surface area contributed by atoms with Crippen molar-refractivity contribution in [3.63, 3.8) is 0 Å². The Hall–Kier alpha value is -0.860. The normalized spacial score (nSPS) is 20.1. The Balaban J connectivity index is 1.92. The molecule has 1 saturated heterocycles. The summed E-state index contributed by atoms with van der Waals surface area (Å²) in [6.45, 7) is 12.6. The highest BCUT2D eigenvalue weighted by atomic mass is 15.1. The molecule has 0 radical (unpaired) electrons. The molecule has 2 nitrogen and oxygen atoms in total.